The SMILES string of the molecule is CCC(=CF)COc1ccc(C(=O)Cc2ccc(F)cc2)cc1Cl. The van der Waals surface area contributed by atoms with Crippen molar-refractivity contribution in [1.29, 1.82) is 0 Å². The molecule has 0 aliphatic heterocycles. The summed E-state index contributed by atoms with van der Waals surface area (Å²) in [5.74, 6) is -0.0831. The number of rotatable bonds is 7. The summed E-state index contributed by atoms with van der Waals surface area (Å²) < 4.78 is 30.9. The van der Waals surface area contributed by atoms with Gasteiger partial charge >= 0.3 is 0 Å². The maximum Gasteiger partial charge on any atom is 0.167 e. The Hall–Kier alpha value is -2.20. The number of Topliss-reactive ketones (excluding diaryl/α,β-unsaturated/α-hetero) is 1. The molecule has 0 N–H and O–H groups in total. The van der Waals surface area contributed by atoms with Crippen LogP contribution in [-0.4, -0.2) is 12.4 Å². The van der Waals surface area contributed by atoms with Crippen molar-refractivity contribution >= 4 is 17.4 Å². The van der Waals surface area contributed by atoms with Crippen molar-refractivity contribution in [2.75, 3.05) is 6.61 Å². The Morgan fingerprint density at radius 3 is 2.50 bits per heavy atom. The number of carbonyl (C=O) groups excluding carboxylic acids is 1. The largest absolute Gasteiger partial charge is 0.488 e. The Morgan fingerprint density at radius 1 is 1.21 bits per heavy atom. The first-order valence-electron chi connectivity index (χ1n) is 7.51. The van der Waals surface area contributed by atoms with E-state index >= 15 is 0 Å². The number of halogens is 3. The molecule has 2 aromatic rings. The number of hydrogen-bond donors (Lipinski definition) is 0. The second-order valence-electron chi connectivity index (χ2n) is 5.28. The van der Waals surface area contributed by atoms with Gasteiger partial charge in [0.05, 0.1) is 11.4 Å². The van der Waals surface area contributed by atoms with Crippen molar-refractivity contribution in [2.24, 2.45) is 0 Å². The highest BCUT2D eigenvalue weighted by atomic mass is 35.5. The van der Waals surface area contributed by atoms with Crippen LogP contribution in [0.1, 0.15) is 29.3 Å². The van der Waals surface area contributed by atoms with E-state index in [-0.39, 0.29) is 29.7 Å². The van der Waals surface area contributed by atoms with Gasteiger partial charge in [-0.25, -0.2) is 8.78 Å². The molecule has 0 atom stereocenters. The molecule has 0 saturated carbocycles. The predicted molar refractivity (Wildman–Crippen MR) is 90.9 cm³/mol. The van der Waals surface area contributed by atoms with Crippen LogP contribution in [0.3, 0.4) is 0 Å². The van der Waals surface area contributed by atoms with Gasteiger partial charge in [0.1, 0.15) is 18.2 Å². The first kappa shape index (κ1) is 18.1. The summed E-state index contributed by atoms with van der Waals surface area (Å²) in [6, 6.07) is 10.5. The molecule has 0 aromatic heterocycles. The van der Waals surface area contributed by atoms with Crippen molar-refractivity contribution in [3.8, 4) is 5.75 Å². The number of ether oxygens (including phenoxy) is 1. The molecule has 0 fully saturated rings. The van der Waals surface area contributed by atoms with Gasteiger partial charge in [-0.15, -0.1) is 0 Å². The Morgan fingerprint density at radius 2 is 1.92 bits per heavy atom. The van der Waals surface area contributed by atoms with Crippen LogP contribution >= 0.6 is 11.6 Å². The van der Waals surface area contributed by atoms with Crippen molar-refractivity contribution in [3.63, 3.8) is 0 Å². The number of ketones is 1. The van der Waals surface area contributed by atoms with Crippen LogP contribution in [-0.2, 0) is 6.42 Å². The molecular formula is C19H17ClF2O2. The molecule has 0 unspecified atom stereocenters. The van der Waals surface area contributed by atoms with Gasteiger partial charge in [0.25, 0.3) is 0 Å². The standard InChI is InChI=1S/C19H17ClF2O2/c1-2-13(11-21)12-24-19-8-5-15(10-17(19)20)18(23)9-14-3-6-16(22)7-4-14/h3-8,10-11H,2,9,12H2,1H3. The van der Waals surface area contributed by atoms with E-state index in [2.05, 4.69) is 0 Å². The molecule has 0 radical (unpaired) electrons. The fourth-order valence-electron chi connectivity index (χ4n) is 2.06. The predicted octanol–water partition coefficient (Wildman–Crippen LogP) is 5.55. The van der Waals surface area contributed by atoms with E-state index in [4.69, 9.17) is 16.3 Å². The lowest BCUT2D eigenvalue weighted by Crippen LogP contribution is -2.05. The summed E-state index contributed by atoms with van der Waals surface area (Å²) in [7, 11) is 0. The molecule has 2 rings (SSSR count). The fraction of sp³-hybridized carbons (Fsp3) is 0.211. The van der Waals surface area contributed by atoms with Crippen LogP contribution in [0.25, 0.3) is 0 Å². The molecule has 0 heterocycles. The van der Waals surface area contributed by atoms with Crippen molar-refractivity contribution in [2.45, 2.75) is 19.8 Å². The molecular weight excluding hydrogens is 334 g/mol. The zero-order valence-electron chi connectivity index (χ0n) is 13.2. The molecule has 0 aliphatic rings. The highest BCUT2D eigenvalue weighted by molar-refractivity contribution is 6.32. The lowest BCUT2D eigenvalue weighted by atomic mass is 10.0. The van der Waals surface area contributed by atoms with E-state index in [9.17, 15) is 13.6 Å². The van der Waals surface area contributed by atoms with Crippen LogP contribution < -0.4 is 4.74 Å². The molecule has 0 amide bonds. The van der Waals surface area contributed by atoms with Gasteiger partial charge in [0, 0.05) is 12.0 Å². The number of hydrogen-bond acceptors (Lipinski definition) is 2. The van der Waals surface area contributed by atoms with Gasteiger partial charge < -0.3 is 4.74 Å². The zero-order valence-corrected chi connectivity index (χ0v) is 13.9. The summed E-state index contributed by atoms with van der Waals surface area (Å²) >= 11 is 6.13. The smallest absolute Gasteiger partial charge is 0.167 e. The lowest BCUT2D eigenvalue weighted by molar-refractivity contribution is 0.0993. The van der Waals surface area contributed by atoms with Gasteiger partial charge in [-0.05, 0) is 47.9 Å². The second-order valence-corrected chi connectivity index (χ2v) is 5.69. The van der Waals surface area contributed by atoms with Crippen LogP contribution in [0, 0.1) is 5.82 Å². The second kappa shape index (κ2) is 8.60. The minimum atomic E-state index is -0.343. The van der Waals surface area contributed by atoms with E-state index in [1.807, 2.05) is 6.92 Å². The molecule has 0 saturated heterocycles. The molecule has 2 nitrogen and oxygen atoms in total. The molecule has 0 spiro atoms. The van der Waals surface area contributed by atoms with Crippen LogP contribution in [0.4, 0.5) is 8.78 Å². The van der Waals surface area contributed by atoms with Gasteiger partial charge in [-0.3, -0.25) is 4.79 Å². The molecule has 24 heavy (non-hydrogen) atoms. The van der Waals surface area contributed by atoms with E-state index in [1.54, 1.807) is 24.3 Å². The summed E-state index contributed by atoms with van der Waals surface area (Å²) in [6.07, 6.45) is 1.22. The quantitative estimate of drug-likeness (QED) is 0.612. The molecule has 0 bridgehead atoms. The first-order chi connectivity index (χ1) is 11.5. The highest BCUT2D eigenvalue weighted by Crippen LogP contribution is 2.26. The summed E-state index contributed by atoms with van der Waals surface area (Å²) in [4.78, 5) is 12.3. The van der Waals surface area contributed by atoms with Gasteiger partial charge in [0.15, 0.2) is 5.78 Å². The third-order valence-corrected chi connectivity index (χ3v) is 3.85. The molecule has 126 valence electrons. The monoisotopic (exact) mass is 350 g/mol. The maximum atomic E-state index is 12.9. The lowest BCUT2D eigenvalue weighted by Gasteiger charge is -2.10. The average molecular weight is 351 g/mol. The average Bonchev–Trinajstić information content (AvgIpc) is 2.59. The molecule has 0 aliphatic carbocycles. The minimum absolute atomic E-state index is 0.107. The Labute approximate surface area is 144 Å². The Bertz CT molecular complexity index is 740. The number of carbonyl (C=O) groups is 1. The fourth-order valence-corrected chi connectivity index (χ4v) is 2.30. The summed E-state index contributed by atoms with van der Waals surface area (Å²) in [6.45, 7) is 1.93. The van der Waals surface area contributed by atoms with Gasteiger partial charge in [-0.1, -0.05) is 30.7 Å². The van der Waals surface area contributed by atoms with Gasteiger partial charge in [0.2, 0.25) is 0 Å². The topological polar surface area (TPSA) is 26.3 Å². The maximum absolute atomic E-state index is 12.9. The normalized spacial score (nSPS) is 11.4. The Kier molecular flexibility index (Phi) is 6.50. The third kappa shape index (κ3) is 4.90. The van der Waals surface area contributed by atoms with E-state index in [1.165, 1.54) is 18.2 Å². The summed E-state index contributed by atoms with van der Waals surface area (Å²) in [5, 5.41) is 0.286. The van der Waals surface area contributed by atoms with Gasteiger partial charge in [-0.2, -0.15) is 0 Å². The van der Waals surface area contributed by atoms with E-state index < -0.39 is 0 Å². The number of benzene rings is 2. The van der Waals surface area contributed by atoms with Crippen molar-refractivity contribution < 1.29 is 18.3 Å². The van der Waals surface area contributed by atoms with Crippen LogP contribution in [0.2, 0.25) is 5.02 Å². The van der Waals surface area contributed by atoms with Crippen LogP contribution in [0.5, 0.6) is 5.75 Å². The Balaban J connectivity index is 2.05. The highest BCUT2D eigenvalue weighted by Gasteiger charge is 2.11. The van der Waals surface area contributed by atoms with E-state index in [0.717, 1.165) is 5.56 Å². The van der Waals surface area contributed by atoms with Crippen molar-refractivity contribution in [3.05, 3.63) is 76.3 Å². The van der Waals surface area contributed by atoms with E-state index in [0.29, 0.717) is 29.6 Å². The van der Waals surface area contributed by atoms with Crippen LogP contribution in [0.15, 0.2) is 54.4 Å². The van der Waals surface area contributed by atoms with Crippen molar-refractivity contribution in [1.82, 2.24) is 0 Å². The minimum Gasteiger partial charge on any atom is -0.488 e. The molecule has 5 heteroatoms. The third-order valence-electron chi connectivity index (χ3n) is 3.55. The first-order valence-corrected chi connectivity index (χ1v) is 7.89. The molecule has 2 aromatic carbocycles. The zero-order chi connectivity index (χ0) is 17.5. The summed E-state index contributed by atoms with van der Waals surface area (Å²) in [5.41, 5.74) is 1.68.